The third-order valence-electron chi connectivity index (χ3n) is 1.87. The quantitative estimate of drug-likeness (QED) is 0.600. The Hall–Kier alpha value is -0.610. The average Bonchev–Trinajstić information content (AvgIpc) is 2.05. The zero-order valence-electron chi connectivity index (χ0n) is 7.29. The smallest absolute Gasteiger partial charge is 0.335 e. The molecule has 0 unspecified atom stereocenters. The van der Waals surface area contributed by atoms with E-state index >= 15 is 0 Å². The standard InChI is InChI=1S/C8H15NO3/c1-2-11-8(10)7-5-6(9)3-4-12-7/h6-7H,2-5,9H2,1H3/t6-,7+/m1/s1. The molecule has 1 aliphatic heterocycles. The maximum Gasteiger partial charge on any atom is 0.335 e. The van der Waals surface area contributed by atoms with E-state index in [4.69, 9.17) is 15.2 Å². The van der Waals surface area contributed by atoms with Crippen molar-refractivity contribution in [3.8, 4) is 0 Å². The second-order valence-electron chi connectivity index (χ2n) is 2.90. The van der Waals surface area contributed by atoms with Crippen LogP contribution in [0.25, 0.3) is 0 Å². The molecular weight excluding hydrogens is 158 g/mol. The Morgan fingerprint density at radius 1 is 1.75 bits per heavy atom. The number of rotatable bonds is 2. The molecule has 2 N–H and O–H groups in total. The molecule has 0 aromatic carbocycles. The Balaban J connectivity index is 2.35. The van der Waals surface area contributed by atoms with Gasteiger partial charge in [0.2, 0.25) is 0 Å². The Bertz CT molecular complexity index is 160. The summed E-state index contributed by atoms with van der Waals surface area (Å²) in [6.45, 7) is 2.74. The minimum Gasteiger partial charge on any atom is -0.464 e. The van der Waals surface area contributed by atoms with Gasteiger partial charge in [0.25, 0.3) is 0 Å². The van der Waals surface area contributed by atoms with Crippen molar-refractivity contribution in [3.63, 3.8) is 0 Å². The van der Waals surface area contributed by atoms with Gasteiger partial charge in [-0.2, -0.15) is 0 Å². The van der Waals surface area contributed by atoms with Crippen molar-refractivity contribution in [3.05, 3.63) is 0 Å². The van der Waals surface area contributed by atoms with Crippen LogP contribution in [0.2, 0.25) is 0 Å². The molecule has 70 valence electrons. The van der Waals surface area contributed by atoms with Gasteiger partial charge in [-0.1, -0.05) is 0 Å². The fourth-order valence-electron chi connectivity index (χ4n) is 1.22. The highest BCUT2D eigenvalue weighted by molar-refractivity contribution is 5.74. The van der Waals surface area contributed by atoms with Gasteiger partial charge in [-0.3, -0.25) is 0 Å². The highest BCUT2D eigenvalue weighted by Gasteiger charge is 2.26. The summed E-state index contributed by atoms with van der Waals surface area (Å²) in [5.41, 5.74) is 5.67. The van der Waals surface area contributed by atoms with E-state index < -0.39 is 6.10 Å². The summed E-state index contributed by atoms with van der Waals surface area (Å²) < 4.78 is 10.0. The Labute approximate surface area is 72.0 Å². The normalized spacial score (nSPS) is 29.8. The van der Waals surface area contributed by atoms with Crippen LogP contribution >= 0.6 is 0 Å². The first-order valence-electron chi connectivity index (χ1n) is 4.28. The molecule has 0 bridgehead atoms. The molecule has 0 aliphatic carbocycles. The van der Waals surface area contributed by atoms with Crippen molar-refractivity contribution < 1.29 is 14.3 Å². The van der Waals surface area contributed by atoms with E-state index in [9.17, 15) is 4.79 Å². The van der Waals surface area contributed by atoms with Gasteiger partial charge in [0.05, 0.1) is 6.61 Å². The summed E-state index contributed by atoms with van der Waals surface area (Å²) in [6, 6.07) is 0.0770. The van der Waals surface area contributed by atoms with Crippen LogP contribution in [0.15, 0.2) is 0 Å². The number of ether oxygens (including phenoxy) is 2. The molecular formula is C8H15NO3. The molecule has 0 aromatic heterocycles. The highest BCUT2D eigenvalue weighted by atomic mass is 16.6. The average molecular weight is 173 g/mol. The van der Waals surface area contributed by atoms with E-state index in [1.807, 2.05) is 0 Å². The Morgan fingerprint density at radius 2 is 2.50 bits per heavy atom. The summed E-state index contributed by atoms with van der Waals surface area (Å²) in [4.78, 5) is 11.1. The number of hydrogen-bond acceptors (Lipinski definition) is 4. The van der Waals surface area contributed by atoms with Crippen LogP contribution in [0.5, 0.6) is 0 Å². The molecule has 4 heteroatoms. The Kier molecular flexibility index (Phi) is 3.49. The van der Waals surface area contributed by atoms with Gasteiger partial charge in [-0.05, 0) is 19.8 Å². The SMILES string of the molecule is CCOC(=O)[C@@H]1C[C@H](N)CCO1. The topological polar surface area (TPSA) is 61.5 Å². The maximum atomic E-state index is 11.1. The van der Waals surface area contributed by atoms with E-state index in [0.29, 0.717) is 19.6 Å². The monoisotopic (exact) mass is 173 g/mol. The first-order chi connectivity index (χ1) is 5.74. The lowest BCUT2D eigenvalue weighted by molar-refractivity contribution is -0.159. The van der Waals surface area contributed by atoms with Crippen LogP contribution in [0.4, 0.5) is 0 Å². The van der Waals surface area contributed by atoms with Crippen LogP contribution in [0.3, 0.4) is 0 Å². The van der Waals surface area contributed by atoms with Gasteiger partial charge in [0.15, 0.2) is 6.10 Å². The van der Waals surface area contributed by atoms with Crippen molar-refractivity contribution in [2.24, 2.45) is 5.73 Å². The van der Waals surface area contributed by atoms with Crippen LogP contribution < -0.4 is 5.73 Å². The number of nitrogens with two attached hydrogens (primary N) is 1. The van der Waals surface area contributed by atoms with Crippen LogP contribution in [0.1, 0.15) is 19.8 Å². The molecule has 4 nitrogen and oxygen atoms in total. The molecule has 1 fully saturated rings. The molecule has 1 saturated heterocycles. The molecule has 0 aromatic rings. The summed E-state index contributed by atoms with van der Waals surface area (Å²) in [5, 5.41) is 0. The lowest BCUT2D eigenvalue weighted by atomic mass is 10.0. The fraction of sp³-hybridized carbons (Fsp3) is 0.875. The van der Waals surface area contributed by atoms with Gasteiger partial charge in [-0.15, -0.1) is 0 Å². The molecule has 0 amide bonds. The van der Waals surface area contributed by atoms with Crippen molar-refractivity contribution in [2.75, 3.05) is 13.2 Å². The molecule has 12 heavy (non-hydrogen) atoms. The predicted molar refractivity (Wildman–Crippen MR) is 43.6 cm³/mol. The number of hydrogen-bond donors (Lipinski definition) is 1. The molecule has 1 rings (SSSR count). The van der Waals surface area contributed by atoms with Gasteiger partial charge in [-0.25, -0.2) is 4.79 Å². The van der Waals surface area contributed by atoms with E-state index in [2.05, 4.69) is 0 Å². The number of carbonyl (C=O) groups excluding carboxylic acids is 1. The molecule has 0 saturated carbocycles. The van der Waals surface area contributed by atoms with Crippen LogP contribution in [0, 0.1) is 0 Å². The largest absolute Gasteiger partial charge is 0.464 e. The van der Waals surface area contributed by atoms with E-state index in [-0.39, 0.29) is 12.0 Å². The summed E-state index contributed by atoms with van der Waals surface area (Å²) in [7, 11) is 0. The Morgan fingerprint density at radius 3 is 3.08 bits per heavy atom. The van der Waals surface area contributed by atoms with Crippen molar-refractivity contribution in [1.29, 1.82) is 0 Å². The lowest BCUT2D eigenvalue weighted by Crippen LogP contribution is -2.39. The molecule has 2 atom stereocenters. The third kappa shape index (κ3) is 2.46. The number of carbonyl (C=O) groups is 1. The third-order valence-corrected chi connectivity index (χ3v) is 1.87. The minimum absolute atomic E-state index is 0.0770. The predicted octanol–water partition coefficient (Wildman–Crippen LogP) is 0.0558. The van der Waals surface area contributed by atoms with Gasteiger partial charge in [0, 0.05) is 12.6 Å². The van der Waals surface area contributed by atoms with Crippen molar-refractivity contribution >= 4 is 5.97 Å². The van der Waals surface area contributed by atoms with Crippen molar-refractivity contribution in [2.45, 2.75) is 31.9 Å². The fourth-order valence-corrected chi connectivity index (χ4v) is 1.22. The van der Waals surface area contributed by atoms with E-state index in [1.165, 1.54) is 0 Å². The zero-order valence-corrected chi connectivity index (χ0v) is 7.29. The zero-order chi connectivity index (χ0) is 8.97. The van der Waals surface area contributed by atoms with Gasteiger partial charge >= 0.3 is 5.97 Å². The highest BCUT2D eigenvalue weighted by Crippen LogP contribution is 2.13. The summed E-state index contributed by atoms with van der Waals surface area (Å²) in [6.07, 6.45) is 0.975. The van der Waals surface area contributed by atoms with Crippen LogP contribution in [-0.4, -0.2) is 31.3 Å². The second-order valence-corrected chi connectivity index (χ2v) is 2.90. The lowest BCUT2D eigenvalue weighted by Gasteiger charge is -2.25. The first-order valence-corrected chi connectivity index (χ1v) is 4.28. The van der Waals surface area contributed by atoms with Gasteiger partial charge in [0.1, 0.15) is 0 Å². The molecule has 0 spiro atoms. The molecule has 0 radical (unpaired) electrons. The van der Waals surface area contributed by atoms with E-state index in [1.54, 1.807) is 6.92 Å². The van der Waals surface area contributed by atoms with Crippen LogP contribution in [-0.2, 0) is 14.3 Å². The van der Waals surface area contributed by atoms with Crippen molar-refractivity contribution in [1.82, 2.24) is 0 Å². The van der Waals surface area contributed by atoms with E-state index in [0.717, 1.165) is 6.42 Å². The minimum atomic E-state index is -0.436. The summed E-state index contributed by atoms with van der Waals surface area (Å²) >= 11 is 0. The number of esters is 1. The molecule has 1 heterocycles. The summed E-state index contributed by atoms with van der Waals surface area (Å²) in [5.74, 6) is -0.285. The van der Waals surface area contributed by atoms with Gasteiger partial charge < -0.3 is 15.2 Å². The first kappa shape index (κ1) is 9.48. The molecule has 1 aliphatic rings. The second kappa shape index (κ2) is 4.42. The maximum absolute atomic E-state index is 11.1.